The Kier molecular flexibility index (Phi) is 4.74. The molecule has 0 radical (unpaired) electrons. The number of hydrogen-bond donors (Lipinski definition) is 0. The van der Waals surface area contributed by atoms with Gasteiger partial charge in [0.25, 0.3) is 0 Å². The van der Waals surface area contributed by atoms with Crippen molar-refractivity contribution in [1.29, 1.82) is 0 Å². The molecule has 0 nitrogen and oxygen atoms in total. The van der Waals surface area contributed by atoms with Crippen molar-refractivity contribution in [3.63, 3.8) is 0 Å². The largest absolute Gasteiger partial charge is 0.207 e. The van der Waals surface area contributed by atoms with Gasteiger partial charge in [0, 0.05) is 14.9 Å². The lowest BCUT2D eigenvalue weighted by Crippen LogP contribution is -2.05. The molecule has 0 N–H and O–H groups in total. The zero-order valence-corrected chi connectivity index (χ0v) is 14.8. The van der Waals surface area contributed by atoms with E-state index in [2.05, 4.69) is 31.9 Å². The van der Waals surface area contributed by atoms with E-state index in [0.717, 1.165) is 20.1 Å². The number of hydrogen-bond acceptors (Lipinski definition) is 0. The summed E-state index contributed by atoms with van der Waals surface area (Å²) in [6.45, 7) is 0. The second-order valence-corrected chi connectivity index (χ2v) is 6.90. The van der Waals surface area contributed by atoms with Gasteiger partial charge in [-0.15, -0.1) is 0 Å². The molecule has 0 saturated carbocycles. The summed E-state index contributed by atoms with van der Waals surface area (Å²) >= 11 is 7.01. The van der Waals surface area contributed by atoms with Gasteiger partial charge in [0.1, 0.15) is 5.82 Å². The maximum Gasteiger partial charge on any atom is 0.127 e. The third-order valence-corrected chi connectivity index (χ3v) is 4.57. The van der Waals surface area contributed by atoms with Crippen molar-refractivity contribution >= 4 is 31.9 Å². The highest BCUT2D eigenvalue weighted by atomic mass is 79.9. The molecular formula is C19H13Br2F. The highest BCUT2D eigenvalue weighted by Gasteiger charge is 2.20. The molecule has 0 aliphatic carbocycles. The van der Waals surface area contributed by atoms with Crippen molar-refractivity contribution in [2.24, 2.45) is 0 Å². The Morgan fingerprint density at radius 1 is 0.682 bits per heavy atom. The van der Waals surface area contributed by atoms with Crippen LogP contribution in [0.25, 0.3) is 0 Å². The average Bonchev–Trinajstić information content (AvgIpc) is 2.50. The van der Waals surface area contributed by atoms with Gasteiger partial charge in [0.2, 0.25) is 0 Å². The summed E-state index contributed by atoms with van der Waals surface area (Å²) in [4.78, 5) is 0. The van der Waals surface area contributed by atoms with Crippen LogP contribution in [0.5, 0.6) is 0 Å². The summed E-state index contributed by atoms with van der Waals surface area (Å²) in [5.74, 6) is -0.330. The minimum Gasteiger partial charge on any atom is -0.207 e. The predicted octanol–water partition coefficient (Wildman–Crippen LogP) is 6.53. The van der Waals surface area contributed by atoms with E-state index in [1.165, 1.54) is 6.07 Å². The van der Waals surface area contributed by atoms with Crippen molar-refractivity contribution in [3.8, 4) is 0 Å². The van der Waals surface area contributed by atoms with Gasteiger partial charge < -0.3 is 0 Å². The first-order valence-corrected chi connectivity index (χ1v) is 8.49. The molecule has 3 aromatic carbocycles. The molecule has 0 atom stereocenters. The molecule has 3 aromatic rings. The van der Waals surface area contributed by atoms with Gasteiger partial charge in [-0.3, -0.25) is 0 Å². The molecule has 0 amide bonds. The van der Waals surface area contributed by atoms with Crippen LogP contribution in [0.3, 0.4) is 0 Å². The zero-order valence-electron chi connectivity index (χ0n) is 11.6. The Hall–Kier alpha value is -1.45. The van der Waals surface area contributed by atoms with Crippen LogP contribution in [-0.4, -0.2) is 0 Å². The SMILES string of the molecule is Fc1ccccc1C(c1cccc(Br)c1)c1cccc(Br)c1. The summed E-state index contributed by atoms with van der Waals surface area (Å²) in [5.41, 5.74) is 2.79. The fourth-order valence-electron chi connectivity index (χ4n) is 2.63. The van der Waals surface area contributed by atoms with Crippen molar-refractivity contribution in [3.05, 3.63) is 104 Å². The van der Waals surface area contributed by atoms with E-state index in [-0.39, 0.29) is 11.7 Å². The highest BCUT2D eigenvalue weighted by molar-refractivity contribution is 9.10. The summed E-state index contributed by atoms with van der Waals surface area (Å²) in [6.07, 6.45) is 0. The molecule has 0 heterocycles. The predicted molar refractivity (Wildman–Crippen MR) is 95.6 cm³/mol. The Balaban J connectivity index is 2.21. The molecule has 110 valence electrons. The molecular weight excluding hydrogens is 407 g/mol. The summed E-state index contributed by atoms with van der Waals surface area (Å²) in [7, 11) is 0. The van der Waals surface area contributed by atoms with Crippen LogP contribution in [0, 0.1) is 5.82 Å². The molecule has 3 heteroatoms. The van der Waals surface area contributed by atoms with Gasteiger partial charge in [-0.1, -0.05) is 74.3 Å². The molecule has 0 spiro atoms. The van der Waals surface area contributed by atoms with E-state index in [1.807, 2.05) is 60.7 Å². The highest BCUT2D eigenvalue weighted by Crippen LogP contribution is 2.35. The lowest BCUT2D eigenvalue weighted by molar-refractivity contribution is 0.606. The number of benzene rings is 3. The molecule has 0 saturated heterocycles. The standard InChI is InChI=1S/C19H13Br2F/c20-15-7-3-5-13(11-15)19(14-6-4-8-16(21)12-14)17-9-1-2-10-18(17)22/h1-12,19H. The van der Waals surface area contributed by atoms with Gasteiger partial charge in [-0.25, -0.2) is 4.39 Å². The van der Waals surface area contributed by atoms with Crippen LogP contribution >= 0.6 is 31.9 Å². The minimum absolute atomic E-state index is 0.142. The monoisotopic (exact) mass is 418 g/mol. The molecule has 3 rings (SSSR count). The molecule has 0 aromatic heterocycles. The van der Waals surface area contributed by atoms with Crippen LogP contribution in [0.2, 0.25) is 0 Å². The normalized spacial score (nSPS) is 10.9. The molecule has 22 heavy (non-hydrogen) atoms. The second-order valence-electron chi connectivity index (χ2n) is 5.06. The van der Waals surface area contributed by atoms with Gasteiger partial charge in [0.05, 0.1) is 0 Å². The van der Waals surface area contributed by atoms with Crippen LogP contribution in [-0.2, 0) is 0 Å². The number of halogens is 3. The topological polar surface area (TPSA) is 0 Å². The number of rotatable bonds is 3. The van der Waals surface area contributed by atoms with E-state index in [0.29, 0.717) is 5.56 Å². The Labute approximate surface area is 146 Å². The smallest absolute Gasteiger partial charge is 0.127 e. The van der Waals surface area contributed by atoms with Crippen molar-refractivity contribution < 1.29 is 4.39 Å². The van der Waals surface area contributed by atoms with Crippen LogP contribution in [0.15, 0.2) is 81.7 Å². The van der Waals surface area contributed by atoms with Gasteiger partial charge >= 0.3 is 0 Å². The summed E-state index contributed by atoms with van der Waals surface area (Å²) in [6, 6.07) is 23.0. The lowest BCUT2D eigenvalue weighted by atomic mass is 9.85. The maximum atomic E-state index is 14.4. The van der Waals surface area contributed by atoms with Crippen LogP contribution < -0.4 is 0 Å². The molecule has 0 aliphatic heterocycles. The Morgan fingerprint density at radius 3 is 1.73 bits per heavy atom. The quantitative estimate of drug-likeness (QED) is 0.423. The minimum atomic E-state index is -0.188. The average molecular weight is 420 g/mol. The Bertz CT molecular complexity index is 753. The third-order valence-electron chi connectivity index (χ3n) is 3.58. The van der Waals surface area contributed by atoms with Crippen molar-refractivity contribution in [2.75, 3.05) is 0 Å². The molecule has 0 aliphatic rings. The van der Waals surface area contributed by atoms with Gasteiger partial charge in [0.15, 0.2) is 0 Å². The van der Waals surface area contributed by atoms with E-state index < -0.39 is 0 Å². The maximum absolute atomic E-state index is 14.4. The van der Waals surface area contributed by atoms with E-state index in [9.17, 15) is 4.39 Å². The fourth-order valence-corrected chi connectivity index (χ4v) is 3.47. The van der Waals surface area contributed by atoms with E-state index in [4.69, 9.17) is 0 Å². The first kappa shape index (κ1) is 15.4. The molecule has 0 fully saturated rings. The fraction of sp³-hybridized carbons (Fsp3) is 0.0526. The van der Waals surface area contributed by atoms with Gasteiger partial charge in [-0.2, -0.15) is 0 Å². The first-order valence-electron chi connectivity index (χ1n) is 6.90. The third kappa shape index (κ3) is 3.31. The first-order chi connectivity index (χ1) is 10.6. The zero-order chi connectivity index (χ0) is 15.5. The second kappa shape index (κ2) is 6.76. The molecule has 0 bridgehead atoms. The Morgan fingerprint density at radius 2 is 1.23 bits per heavy atom. The van der Waals surface area contributed by atoms with E-state index in [1.54, 1.807) is 6.07 Å². The van der Waals surface area contributed by atoms with Crippen molar-refractivity contribution in [1.82, 2.24) is 0 Å². The van der Waals surface area contributed by atoms with Crippen LogP contribution in [0.4, 0.5) is 4.39 Å². The van der Waals surface area contributed by atoms with Crippen LogP contribution in [0.1, 0.15) is 22.6 Å². The lowest BCUT2D eigenvalue weighted by Gasteiger charge is -2.20. The summed E-state index contributed by atoms with van der Waals surface area (Å²) < 4.78 is 16.4. The summed E-state index contributed by atoms with van der Waals surface area (Å²) in [5, 5.41) is 0. The van der Waals surface area contributed by atoms with Gasteiger partial charge in [-0.05, 0) is 47.0 Å². The van der Waals surface area contributed by atoms with Crippen molar-refractivity contribution in [2.45, 2.75) is 5.92 Å². The molecule has 0 unspecified atom stereocenters. The van der Waals surface area contributed by atoms with E-state index >= 15 is 0 Å².